The Bertz CT molecular complexity index is 638. The third-order valence-electron chi connectivity index (χ3n) is 3.33. The molecule has 1 aliphatic carbocycles. The molecule has 0 spiro atoms. The van der Waals surface area contributed by atoms with Crippen LogP contribution >= 0.6 is 11.8 Å². The van der Waals surface area contributed by atoms with Gasteiger partial charge in [0, 0.05) is 31.0 Å². The van der Waals surface area contributed by atoms with Crippen LogP contribution in [0.25, 0.3) is 11.4 Å². The summed E-state index contributed by atoms with van der Waals surface area (Å²) in [6.45, 7) is 1.89. The predicted octanol–water partition coefficient (Wildman–Crippen LogP) is 1.64. The Balaban J connectivity index is 1.71. The number of pyridine rings is 1. The van der Waals surface area contributed by atoms with Crippen LogP contribution < -0.4 is 5.32 Å². The molecule has 1 N–H and O–H groups in total. The monoisotopic (exact) mass is 303 g/mol. The van der Waals surface area contributed by atoms with Crippen molar-refractivity contribution in [2.24, 2.45) is 7.05 Å². The maximum Gasteiger partial charge on any atom is 0.233 e. The van der Waals surface area contributed by atoms with Gasteiger partial charge in [-0.25, -0.2) is 0 Å². The van der Waals surface area contributed by atoms with Crippen LogP contribution in [0.4, 0.5) is 0 Å². The Morgan fingerprint density at radius 1 is 1.48 bits per heavy atom. The lowest BCUT2D eigenvalue weighted by Gasteiger charge is -2.10. The summed E-state index contributed by atoms with van der Waals surface area (Å²) in [7, 11) is 1.90. The van der Waals surface area contributed by atoms with E-state index in [2.05, 4.69) is 20.5 Å². The molecule has 0 aliphatic heterocycles. The molecule has 3 rings (SSSR count). The van der Waals surface area contributed by atoms with Gasteiger partial charge in [0.25, 0.3) is 0 Å². The van der Waals surface area contributed by atoms with Crippen LogP contribution in [-0.2, 0) is 11.8 Å². The molecule has 1 unspecified atom stereocenters. The second-order valence-electron chi connectivity index (χ2n) is 5.15. The predicted molar refractivity (Wildman–Crippen MR) is 80.7 cm³/mol. The fourth-order valence-corrected chi connectivity index (χ4v) is 2.75. The Labute approximate surface area is 127 Å². The number of nitrogens with zero attached hydrogens (tertiary/aromatic N) is 4. The molecule has 7 heteroatoms. The molecule has 1 fully saturated rings. The highest BCUT2D eigenvalue weighted by molar-refractivity contribution is 8.00. The highest BCUT2D eigenvalue weighted by Crippen LogP contribution is 2.26. The van der Waals surface area contributed by atoms with E-state index in [4.69, 9.17) is 0 Å². The topological polar surface area (TPSA) is 72.7 Å². The van der Waals surface area contributed by atoms with E-state index >= 15 is 0 Å². The van der Waals surface area contributed by atoms with Gasteiger partial charge in [-0.2, -0.15) is 0 Å². The number of carbonyl (C=O) groups is 1. The first-order valence-corrected chi connectivity index (χ1v) is 7.80. The van der Waals surface area contributed by atoms with Crippen LogP contribution in [0.2, 0.25) is 0 Å². The van der Waals surface area contributed by atoms with Gasteiger partial charge < -0.3 is 9.88 Å². The second-order valence-corrected chi connectivity index (χ2v) is 6.46. The molecular formula is C14H17N5OS. The van der Waals surface area contributed by atoms with E-state index in [1.54, 1.807) is 12.4 Å². The zero-order valence-corrected chi connectivity index (χ0v) is 12.8. The Morgan fingerprint density at radius 2 is 2.29 bits per heavy atom. The fourth-order valence-electron chi connectivity index (χ4n) is 1.92. The zero-order valence-electron chi connectivity index (χ0n) is 12.0. The Hall–Kier alpha value is -1.89. The van der Waals surface area contributed by atoms with Crippen molar-refractivity contribution in [2.45, 2.75) is 36.2 Å². The van der Waals surface area contributed by atoms with Crippen LogP contribution in [0.15, 0.2) is 29.7 Å². The lowest BCUT2D eigenvalue weighted by Crippen LogP contribution is -2.32. The average Bonchev–Trinajstić information content (AvgIpc) is 3.24. The van der Waals surface area contributed by atoms with Crippen molar-refractivity contribution in [1.29, 1.82) is 0 Å². The van der Waals surface area contributed by atoms with Crippen LogP contribution in [0.3, 0.4) is 0 Å². The fraction of sp³-hybridized carbons (Fsp3) is 0.429. The number of nitrogens with one attached hydrogen (secondary N) is 1. The molecule has 6 nitrogen and oxygen atoms in total. The Kier molecular flexibility index (Phi) is 3.92. The summed E-state index contributed by atoms with van der Waals surface area (Å²) in [5.41, 5.74) is 0.912. The SMILES string of the molecule is CC(Sc1nnc(-c2cccnc2)n1C)C(=O)NC1CC1. The lowest BCUT2D eigenvalue weighted by molar-refractivity contribution is -0.120. The number of thioether (sulfide) groups is 1. The van der Waals surface area contributed by atoms with Crippen molar-refractivity contribution in [3.63, 3.8) is 0 Å². The smallest absolute Gasteiger partial charge is 0.233 e. The van der Waals surface area contributed by atoms with Gasteiger partial charge in [0.05, 0.1) is 5.25 Å². The van der Waals surface area contributed by atoms with Crippen LogP contribution in [0, 0.1) is 0 Å². The van der Waals surface area contributed by atoms with Crippen molar-refractivity contribution in [3.05, 3.63) is 24.5 Å². The van der Waals surface area contributed by atoms with Crippen molar-refractivity contribution >= 4 is 17.7 Å². The highest BCUT2D eigenvalue weighted by atomic mass is 32.2. The average molecular weight is 303 g/mol. The molecule has 2 aromatic rings. The molecule has 0 bridgehead atoms. The highest BCUT2D eigenvalue weighted by Gasteiger charge is 2.27. The summed E-state index contributed by atoms with van der Waals surface area (Å²) in [4.78, 5) is 16.1. The third kappa shape index (κ3) is 3.24. The van der Waals surface area contributed by atoms with Gasteiger partial charge in [-0.1, -0.05) is 11.8 Å². The first kappa shape index (κ1) is 14.1. The summed E-state index contributed by atoms with van der Waals surface area (Å²) >= 11 is 1.42. The number of hydrogen-bond acceptors (Lipinski definition) is 5. The first-order valence-electron chi connectivity index (χ1n) is 6.92. The summed E-state index contributed by atoms with van der Waals surface area (Å²) in [5, 5.41) is 11.9. The first-order chi connectivity index (χ1) is 10.1. The van der Waals surface area contributed by atoms with Crippen molar-refractivity contribution in [3.8, 4) is 11.4 Å². The number of aromatic nitrogens is 4. The molecule has 1 saturated carbocycles. The van der Waals surface area contributed by atoms with E-state index in [1.807, 2.05) is 30.7 Å². The standard InChI is InChI=1S/C14H17N5OS/c1-9(13(20)16-11-5-6-11)21-14-18-17-12(19(14)2)10-4-3-7-15-8-10/h3-4,7-9,11H,5-6H2,1-2H3,(H,16,20). The minimum Gasteiger partial charge on any atom is -0.352 e. The van der Waals surface area contributed by atoms with Crippen LogP contribution in [-0.4, -0.2) is 36.9 Å². The summed E-state index contributed by atoms with van der Waals surface area (Å²) in [5.74, 6) is 0.814. The van der Waals surface area contributed by atoms with Gasteiger partial charge in [0.1, 0.15) is 0 Å². The molecule has 1 aliphatic rings. The molecular weight excluding hydrogens is 286 g/mol. The molecule has 0 aromatic carbocycles. The van der Waals surface area contributed by atoms with Gasteiger partial charge in [-0.05, 0) is 31.9 Å². The van der Waals surface area contributed by atoms with Gasteiger partial charge in [-0.3, -0.25) is 9.78 Å². The minimum absolute atomic E-state index is 0.0634. The second kappa shape index (κ2) is 5.85. The lowest BCUT2D eigenvalue weighted by atomic mass is 10.3. The van der Waals surface area contributed by atoms with Crippen LogP contribution in [0.1, 0.15) is 19.8 Å². The molecule has 21 heavy (non-hydrogen) atoms. The molecule has 110 valence electrons. The number of carbonyl (C=O) groups excluding carboxylic acids is 1. The Morgan fingerprint density at radius 3 is 2.95 bits per heavy atom. The molecule has 0 radical (unpaired) electrons. The summed E-state index contributed by atoms with van der Waals surface area (Å²) in [6.07, 6.45) is 5.66. The number of rotatable bonds is 5. The van der Waals surface area contributed by atoms with E-state index in [-0.39, 0.29) is 11.2 Å². The molecule has 2 aromatic heterocycles. The quantitative estimate of drug-likeness (QED) is 0.850. The maximum atomic E-state index is 12.0. The zero-order chi connectivity index (χ0) is 14.8. The van der Waals surface area contributed by atoms with Crippen LogP contribution in [0.5, 0.6) is 0 Å². The largest absolute Gasteiger partial charge is 0.352 e. The van der Waals surface area contributed by atoms with E-state index < -0.39 is 0 Å². The number of amides is 1. The van der Waals surface area contributed by atoms with Gasteiger partial charge >= 0.3 is 0 Å². The summed E-state index contributed by atoms with van der Waals surface area (Å²) < 4.78 is 1.89. The molecule has 1 atom stereocenters. The van der Waals surface area contributed by atoms with Crippen molar-refractivity contribution in [2.75, 3.05) is 0 Å². The molecule has 2 heterocycles. The van der Waals surface area contributed by atoms with Crippen molar-refractivity contribution in [1.82, 2.24) is 25.1 Å². The maximum absolute atomic E-state index is 12.0. The van der Waals surface area contributed by atoms with E-state index in [9.17, 15) is 4.79 Å². The third-order valence-corrected chi connectivity index (χ3v) is 4.46. The molecule has 1 amide bonds. The van der Waals surface area contributed by atoms with E-state index in [1.165, 1.54) is 11.8 Å². The van der Waals surface area contributed by atoms with E-state index in [0.717, 1.165) is 29.4 Å². The number of hydrogen-bond donors (Lipinski definition) is 1. The van der Waals surface area contributed by atoms with Gasteiger partial charge in [-0.15, -0.1) is 10.2 Å². The minimum atomic E-state index is -0.185. The van der Waals surface area contributed by atoms with E-state index in [0.29, 0.717) is 6.04 Å². The summed E-state index contributed by atoms with van der Waals surface area (Å²) in [6, 6.07) is 4.18. The van der Waals surface area contributed by atoms with Gasteiger partial charge in [0.15, 0.2) is 11.0 Å². The normalized spacial score (nSPS) is 15.7. The van der Waals surface area contributed by atoms with Gasteiger partial charge in [0.2, 0.25) is 5.91 Å². The molecule has 0 saturated heterocycles. The van der Waals surface area contributed by atoms with Crippen molar-refractivity contribution < 1.29 is 4.79 Å².